The Morgan fingerprint density at radius 2 is 1.87 bits per heavy atom. The molecule has 2 heterocycles. The van der Waals surface area contributed by atoms with Crippen LogP contribution in [0.2, 0.25) is 0 Å². The van der Waals surface area contributed by atoms with Crippen LogP contribution in [-0.4, -0.2) is 41.8 Å². The molecule has 4 rings (SSSR count). The van der Waals surface area contributed by atoms with Crippen LogP contribution in [0.15, 0.2) is 72.0 Å². The predicted octanol–water partition coefficient (Wildman–Crippen LogP) is 3.05. The van der Waals surface area contributed by atoms with Gasteiger partial charge in [-0.3, -0.25) is 4.99 Å². The summed E-state index contributed by atoms with van der Waals surface area (Å²) in [4.78, 5) is 8.76. The Kier molecular flexibility index (Phi) is 7.95. The molecule has 1 atom stereocenters. The van der Waals surface area contributed by atoms with Gasteiger partial charge in [0.1, 0.15) is 18.5 Å². The SMILES string of the molecule is CN=C(NCc1nccn1Cc1ccccc1)NCC1COc2ccccc2O1.I. The smallest absolute Gasteiger partial charge is 0.191 e. The maximum Gasteiger partial charge on any atom is 0.191 e. The van der Waals surface area contributed by atoms with Crippen LogP contribution in [0.5, 0.6) is 11.5 Å². The average molecular weight is 519 g/mol. The van der Waals surface area contributed by atoms with E-state index in [1.807, 2.05) is 54.9 Å². The minimum Gasteiger partial charge on any atom is -0.486 e. The number of imidazole rings is 1. The molecule has 0 amide bonds. The zero-order chi connectivity index (χ0) is 19.9. The maximum atomic E-state index is 5.98. The summed E-state index contributed by atoms with van der Waals surface area (Å²) in [6.45, 7) is 2.45. The van der Waals surface area contributed by atoms with Crippen LogP contribution < -0.4 is 20.1 Å². The zero-order valence-electron chi connectivity index (χ0n) is 16.8. The summed E-state index contributed by atoms with van der Waals surface area (Å²) < 4.78 is 13.9. The van der Waals surface area contributed by atoms with Gasteiger partial charge in [0.05, 0.1) is 13.1 Å². The highest BCUT2D eigenvalue weighted by Gasteiger charge is 2.20. The predicted molar refractivity (Wildman–Crippen MR) is 128 cm³/mol. The highest BCUT2D eigenvalue weighted by atomic mass is 127. The van der Waals surface area contributed by atoms with Crippen molar-refractivity contribution >= 4 is 29.9 Å². The van der Waals surface area contributed by atoms with E-state index in [1.54, 1.807) is 7.05 Å². The molecule has 1 aliphatic rings. The van der Waals surface area contributed by atoms with E-state index in [0.29, 0.717) is 25.7 Å². The van der Waals surface area contributed by atoms with E-state index in [-0.39, 0.29) is 30.1 Å². The highest BCUT2D eigenvalue weighted by molar-refractivity contribution is 14.0. The number of fused-ring (bicyclic) bond motifs is 1. The lowest BCUT2D eigenvalue weighted by atomic mass is 10.2. The number of aliphatic imine (C=N–C) groups is 1. The molecule has 0 bridgehead atoms. The molecule has 1 aliphatic heterocycles. The van der Waals surface area contributed by atoms with Crippen molar-refractivity contribution in [1.82, 2.24) is 20.2 Å². The van der Waals surface area contributed by atoms with Crippen molar-refractivity contribution in [1.29, 1.82) is 0 Å². The summed E-state index contributed by atoms with van der Waals surface area (Å²) in [5.74, 6) is 3.21. The monoisotopic (exact) mass is 519 g/mol. The van der Waals surface area contributed by atoms with E-state index < -0.39 is 0 Å². The van der Waals surface area contributed by atoms with Crippen molar-refractivity contribution < 1.29 is 9.47 Å². The summed E-state index contributed by atoms with van der Waals surface area (Å²) in [6, 6.07) is 18.1. The van der Waals surface area contributed by atoms with Crippen LogP contribution >= 0.6 is 24.0 Å². The second kappa shape index (κ2) is 10.9. The molecule has 3 aromatic rings. The topological polar surface area (TPSA) is 72.7 Å². The molecule has 158 valence electrons. The number of nitrogens with one attached hydrogen (secondary N) is 2. The molecule has 1 unspecified atom stereocenters. The lowest BCUT2D eigenvalue weighted by Gasteiger charge is -2.27. The highest BCUT2D eigenvalue weighted by Crippen LogP contribution is 2.30. The van der Waals surface area contributed by atoms with Crippen molar-refractivity contribution in [2.75, 3.05) is 20.2 Å². The number of guanidine groups is 1. The van der Waals surface area contributed by atoms with Gasteiger partial charge in [0, 0.05) is 26.0 Å². The van der Waals surface area contributed by atoms with Gasteiger partial charge in [-0.25, -0.2) is 4.98 Å². The van der Waals surface area contributed by atoms with Crippen LogP contribution in [0.3, 0.4) is 0 Å². The van der Waals surface area contributed by atoms with Crippen LogP contribution in [0.25, 0.3) is 0 Å². The lowest BCUT2D eigenvalue weighted by molar-refractivity contribution is 0.0936. The molecule has 2 aromatic carbocycles. The summed E-state index contributed by atoms with van der Waals surface area (Å²) in [7, 11) is 1.75. The number of nitrogens with zero attached hydrogens (tertiary/aromatic N) is 3. The Morgan fingerprint density at radius 1 is 1.10 bits per heavy atom. The number of rotatable bonds is 6. The number of hydrogen-bond donors (Lipinski definition) is 2. The Hall–Kier alpha value is -2.75. The van der Waals surface area contributed by atoms with Crippen LogP contribution in [0.4, 0.5) is 0 Å². The second-order valence-electron chi connectivity index (χ2n) is 6.76. The van der Waals surface area contributed by atoms with E-state index in [2.05, 4.69) is 37.3 Å². The zero-order valence-corrected chi connectivity index (χ0v) is 19.2. The summed E-state index contributed by atoms with van der Waals surface area (Å²) in [6.07, 6.45) is 3.73. The van der Waals surface area contributed by atoms with Gasteiger partial charge in [0.25, 0.3) is 0 Å². The van der Waals surface area contributed by atoms with Crippen molar-refractivity contribution in [2.45, 2.75) is 19.2 Å². The third-order valence-electron chi connectivity index (χ3n) is 4.70. The van der Waals surface area contributed by atoms with E-state index in [0.717, 1.165) is 23.9 Å². The third kappa shape index (κ3) is 5.65. The minimum atomic E-state index is -0.0801. The maximum absolute atomic E-state index is 5.98. The Balaban J connectivity index is 0.00000256. The minimum absolute atomic E-state index is 0. The van der Waals surface area contributed by atoms with Gasteiger partial charge >= 0.3 is 0 Å². The number of ether oxygens (including phenoxy) is 2. The standard InChI is InChI=1S/C22H25N5O2.HI/c1-23-22(25-13-18-16-28-19-9-5-6-10-20(19)29-18)26-14-21-24-11-12-27(21)15-17-7-3-2-4-8-17;/h2-12,18H,13-16H2,1H3,(H2,23,25,26);1H. The number of aromatic nitrogens is 2. The van der Waals surface area contributed by atoms with Gasteiger partial charge in [-0.05, 0) is 17.7 Å². The molecule has 30 heavy (non-hydrogen) atoms. The number of para-hydroxylation sites is 2. The first kappa shape index (κ1) is 21.9. The molecule has 0 fully saturated rings. The largest absolute Gasteiger partial charge is 0.486 e. The summed E-state index contributed by atoms with van der Waals surface area (Å²) in [5, 5.41) is 6.61. The molecular weight excluding hydrogens is 493 g/mol. The Morgan fingerprint density at radius 3 is 2.67 bits per heavy atom. The molecule has 0 saturated carbocycles. The summed E-state index contributed by atoms with van der Waals surface area (Å²) >= 11 is 0. The quantitative estimate of drug-likeness (QED) is 0.298. The first-order valence-corrected chi connectivity index (χ1v) is 9.69. The Bertz CT molecular complexity index is 961. The molecule has 0 spiro atoms. The van der Waals surface area contributed by atoms with Gasteiger partial charge in [-0.2, -0.15) is 0 Å². The fraction of sp³-hybridized carbons (Fsp3) is 0.273. The van der Waals surface area contributed by atoms with E-state index in [1.165, 1.54) is 5.56 Å². The van der Waals surface area contributed by atoms with Crippen molar-refractivity contribution in [3.8, 4) is 11.5 Å². The number of benzene rings is 2. The summed E-state index contributed by atoms with van der Waals surface area (Å²) in [5.41, 5.74) is 1.24. The van der Waals surface area contributed by atoms with Gasteiger partial charge in [0.2, 0.25) is 0 Å². The fourth-order valence-electron chi connectivity index (χ4n) is 3.19. The van der Waals surface area contributed by atoms with Crippen molar-refractivity contribution in [2.24, 2.45) is 4.99 Å². The molecule has 7 nitrogen and oxygen atoms in total. The van der Waals surface area contributed by atoms with Crippen LogP contribution in [-0.2, 0) is 13.1 Å². The first-order chi connectivity index (χ1) is 14.3. The molecule has 0 saturated heterocycles. The van der Waals surface area contributed by atoms with Crippen LogP contribution in [0.1, 0.15) is 11.4 Å². The molecule has 2 N–H and O–H groups in total. The normalized spacial score (nSPS) is 15.2. The van der Waals surface area contributed by atoms with E-state index >= 15 is 0 Å². The Labute approximate surface area is 193 Å². The molecule has 0 aliphatic carbocycles. The van der Waals surface area contributed by atoms with Crippen molar-refractivity contribution in [3.63, 3.8) is 0 Å². The molecule has 8 heteroatoms. The second-order valence-corrected chi connectivity index (χ2v) is 6.76. The number of hydrogen-bond acceptors (Lipinski definition) is 4. The molecule has 0 radical (unpaired) electrons. The van der Waals surface area contributed by atoms with Gasteiger partial charge < -0.3 is 24.7 Å². The van der Waals surface area contributed by atoms with Gasteiger partial charge in [-0.15, -0.1) is 24.0 Å². The van der Waals surface area contributed by atoms with Crippen molar-refractivity contribution in [3.05, 3.63) is 78.4 Å². The first-order valence-electron chi connectivity index (χ1n) is 9.69. The van der Waals surface area contributed by atoms with E-state index in [4.69, 9.17) is 9.47 Å². The molecular formula is C22H26IN5O2. The fourth-order valence-corrected chi connectivity index (χ4v) is 3.19. The number of halogens is 1. The van der Waals surface area contributed by atoms with E-state index in [9.17, 15) is 0 Å². The third-order valence-corrected chi connectivity index (χ3v) is 4.70. The lowest BCUT2D eigenvalue weighted by Crippen LogP contribution is -2.45. The van der Waals surface area contributed by atoms with Gasteiger partial charge in [0.15, 0.2) is 17.5 Å². The molecule has 1 aromatic heterocycles. The van der Waals surface area contributed by atoms with Gasteiger partial charge in [-0.1, -0.05) is 42.5 Å². The average Bonchev–Trinajstić information content (AvgIpc) is 3.21. The van der Waals surface area contributed by atoms with Crippen LogP contribution in [0, 0.1) is 0 Å².